The molecular weight excluding hydrogens is 332 g/mol. The lowest BCUT2D eigenvalue weighted by Gasteiger charge is -2.15. The zero-order valence-corrected chi connectivity index (χ0v) is 15.1. The molecule has 2 heterocycles. The van der Waals surface area contributed by atoms with Gasteiger partial charge in [-0.15, -0.1) is 10.2 Å². The maximum Gasteiger partial charge on any atom is 0.252 e. The van der Waals surface area contributed by atoms with Crippen molar-refractivity contribution in [3.05, 3.63) is 54.0 Å². The van der Waals surface area contributed by atoms with E-state index < -0.39 is 0 Å². The van der Waals surface area contributed by atoms with Crippen molar-refractivity contribution in [3.63, 3.8) is 0 Å². The summed E-state index contributed by atoms with van der Waals surface area (Å²) in [4.78, 5) is 12.6. The van der Waals surface area contributed by atoms with Crippen LogP contribution in [0.2, 0.25) is 0 Å². The van der Waals surface area contributed by atoms with Gasteiger partial charge in [-0.1, -0.05) is 6.07 Å². The van der Waals surface area contributed by atoms with Crippen LogP contribution in [0, 0.1) is 0 Å². The molecule has 26 heavy (non-hydrogen) atoms. The smallest absolute Gasteiger partial charge is 0.252 e. The minimum Gasteiger partial charge on any atom is -0.490 e. The maximum atomic E-state index is 12.6. The highest BCUT2D eigenvalue weighted by Gasteiger charge is 2.18. The first-order valence-electron chi connectivity index (χ1n) is 8.64. The summed E-state index contributed by atoms with van der Waals surface area (Å²) in [7, 11) is 0. The first-order valence-corrected chi connectivity index (χ1v) is 8.64. The van der Waals surface area contributed by atoms with Crippen LogP contribution >= 0.6 is 0 Å². The van der Waals surface area contributed by atoms with Crippen molar-refractivity contribution in [2.75, 3.05) is 13.2 Å². The molecule has 3 rings (SSSR count). The van der Waals surface area contributed by atoms with E-state index >= 15 is 0 Å². The lowest BCUT2D eigenvalue weighted by molar-refractivity contribution is 0.0937. The Hall–Kier alpha value is -3.09. The van der Waals surface area contributed by atoms with Crippen LogP contribution < -0.4 is 14.8 Å². The fourth-order valence-electron chi connectivity index (χ4n) is 2.69. The highest BCUT2D eigenvalue weighted by Crippen LogP contribution is 2.28. The van der Waals surface area contributed by atoms with Crippen LogP contribution in [0.15, 0.2) is 42.6 Å². The van der Waals surface area contributed by atoms with E-state index in [4.69, 9.17) is 9.47 Å². The molecule has 0 aliphatic rings. The lowest BCUT2D eigenvalue weighted by atomic mass is 10.1. The SMILES string of the molecule is CCOc1ccc(C(=O)N[C@H](C)c2nnc3ccccn23)cc1OCC. The number of carbonyl (C=O) groups excluding carboxylic acids is 1. The van der Waals surface area contributed by atoms with Crippen LogP contribution in [0.25, 0.3) is 5.65 Å². The predicted octanol–water partition coefficient (Wildman–Crippen LogP) is 3.02. The molecule has 0 saturated heterocycles. The Morgan fingerprint density at radius 2 is 1.88 bits per heavy atom. The Morgan fingerprint density at radius 1 is 1.12 bits per heavy atom. The molecule has 0 bridgehead atoms. The average molecular weight is 354 g/mol. The first-order chi connectivity index (χ1) is 12.6. The maximum absolute atomic E-state index is 12.6. The molecule has 0 unspecified atom stereocenters. The summed E-state index contributed by atoms with van der Waals surface area (Å²) < 4.78 is 13.0. The van der Waals surface area contributed by atoms with Gasteiger partial charge in [0.25, 0.3) is 5.91 Å². The fraction of sp³-hybridized carbons (Fsp3) is 0.316. The summed E-state index contributed by atoms with van der Waals surface area (Å²) in [6.45, 7) is 6.69. The number of aromatic nitrogens is 3. The number of pyridine rings is 1. The molecule has 0 saturated carbocycles. The second kappa shape index (κ2) is 7.86. The van der Waals surface area contributed by atoms with Crippen molar-refractivity contribution >= 4 is 11.6 Å². The zero-order valence-electron chi connectivity index (χ0n) is 15.1. The van der Waals surface area contributed by atoms with E-state index in [-0.39, 0.29) is 11.9 Å². The number of benzene rings is 1. The summed E-state index contributed by atoms with van der Waals surface area (Å²) in [5, 5.41) is 11.2. The number of hydrogen-bond acceptors (Lipinski definition) is 5. The number of rotatable bonds is 7. The van der Waals surface area contributed by atoms with E-state index in [1.54, 1.807) is 18.2 Å². The standard InChI is InChI=1S/C19H22N4O3/c1-4-25-15-10-9-14(12-16(15)26-5-2)19(24)20-13(3)18-22-21-17-8-6-7-11-23(17)18/h6-13H,4-5H2,1-3H3,(H,20,24)/t13-/m1/s1. The van der Waals surface area contributed by atoms with E-state index in [1.165, 1.54) is 0 Å². The van der Waals surface area contributed by atoms with E-state index in [1.807, 2.05) is 49.6 Å². The van der Waals surface area contributed by atoms with Crippen LogP contribution in [0.3, 0.4) is 0 Å². The molecule has 1 N–H and O–H groups in total. The highest BCUT2D eigenvalue weighted by atomic mass is 16.5. The van der Waals surface area contributed by atoms with E-state index in [9.17, 15) is 4.79 Å². The van der Waals surface area contributed by atoms with Gasteiger partial charge in [0.2, 0.25) is 0 Å². The second-order valence-electron chi connectivity index (χ2n) is 5.71. The summed E-state index contributed by atoms with van der Waals surface area (Å²) in [5.74, 6) is 1.64. The lowest BCUT2D eigenvalue weighted by Crippen LogP contribution is -2.28. The van der Waals surface area contributed by atoms with Crippen molar-refractivity contribution in [3.8, 4) is 11.5 Å². The Bertz CT molecular complexity index is 907. The number of ether oxygens (including phenoxy) is 2. The molecule has 0 fully saturated rings. The molecular formula is C19H22N4O3. The number of hydrogen-bond donors (Lipinski definition) is 1. The Kier molecular flexibility index (Phi) is 5.36. The van der Waals surface area contributed by atoms with E-state index in [0.29, 0.717) is 36.1 Å². The quantitative estimate of drug-likeness (QED) is 0.706. The van der Waals surface area contributed by atoms with Crippen LogP contribution in [-0.4, -0.2) is 33.7 Å². The minimum atomic E-state index is -0.304. The van der Waals surface area contributed by atoms with Gasteiger partial charge in [-0.05, 0) is 51.1 Å². The molecule has 1 aromatic carbocycles. The van der Waals surface area contributed by atoms with E-state index in [2.05, 4.69) is 15.5 Å². The molecule has 0 spiro atoms. The van der Waals surface area contributed by atoms with Crippen LogP contribution in [0.1, 0.15) is 43.0 Å². The third-order valence-electron chi connectivity index (χ3n) is 3.88. The van der Waals surface area contributed by atoms with Gasteiger partial charge in [0.05, 0.1) is 19.3 Å². The average Bonchev–Trinajstić information content (AvgIpc) is 3.07. The number of nitrogens with zero attached hydrogens (tertiary/aromatic N) is 3. The largest absolute Gasteiger partial charge is 0.490 e. The Morgan fingerprint density at radius 3 is 2.65 bits per heavy atom. The molecule has 7 nitrogen and oxygen atoms in total. The van der Waals surface area contributed by atoms with Gasteiger partial charge in [0, 0.05) is 11.8 Å². The van der Waals surface area contributed by atoms with Gasteiger partial charge in [-0.25, -0.2) is 0 Å². The van der Waals surface area contributed by atoms with Gasteiger partial charge in [0.15, 0.2) is 23.0 Å². The Labute approximate surface area is 152 Å². The van der Waals surface area contributed by atoms with E-state index in [0.717, 1.165) is 5.65 Å². The molecule has 0 aliphatic carbocycles. The van der Waals surface area contributed by atoms with Crippen molar-refractivity contribution in [2.45, 2.75) is 26.8 Å². The number of nitrogens with one attached hydrogen (secondary N) is 1. The van der Waals surface area contributed by atoms with Crippen molar-refractivity contribution in [2.24, 2.45) is 0 Å². The predicted molar refractivity (Wildman–Crippen MR) is 97.6 cm³/mol. The van der Waals surface area contributed by atoms with Gasteiger partial charge in [0.1, 0.15) is 0 Å². The first kappa shape index (κ1) is 17.7. The molecule has 1 atom stereocenters. The molecule has 3 aromatic rings. The van der Waals surface area contributed by atoms with Crippen molar-refractivity contribution < 1.29 is 14.3 Å². The van der Waals surface area contributed by atoms with Gasteiger partial charge < -0.3 is 14.8 Å². The topological polar surface area (TPSA) is 77.8 Å². The van der Waals surface area contributed by atoms with Crippen molar-refractivity contribution in [1.82, 2.24) is 19.9 Å². The second-order valence-corrected chi connectivity index (χ2v) is 5.71. The third-order valence-corrected chi connectivity index (χ3v) is 3.88. The normalized spacial score (nSPS) is 12.0. The number of amides is 1. The number of fused-ring (bicyclic) bond motifs is 1. The molecule has 1 amide bonds. The molecule has 0 aliphatic heterocycles. The molecule has 0 radical (unpaired) electrons. The van der Waals surface area contributed by atoms with Gasteiger partial charge in [-0.3, -0.25) is 9.20 Å². The summed E-state index contributed by atoms with van der Waals surface area (Å²) in [6, 6.07) is 10.5. The van der Waals surface area contributed by atoms with Crippen molar-refractivity contribution in [1.29, 1.82) is 0 Å². The van der Waals surface area contributed by atoms with Crippen LogP contribution in [-0.2, 0) is 0 Å². The Balaban J connectivity index is 1.79. The molecule has 136 valence electrons. The number of carbonyl (C=O) groups is 1. The van der Waals surface area contributed by atoms with Crippen LogP contribution in [0.5, 0.6) is 11.5 Å². The third kappa shape index (κ3) is 3.61. The monoisotopic (exact) mass is 354 g/mol. The summed E-state index contributed by atoms with van der Waals surface area (Å²) >= 11 is 0. The fourth-order valence-corrected chi connectivity index (χ4v) is 2.69. The zero-order chi connectivity index (χ0) is 18.5. The highest BCUT2D eigenvalue weighted by molar-refractivity contribution is 5.95. The summed E-state index contributed by atoms with van der Waals surface area (Å²) in [6.07, 6.45) is 1.87. The van der Waals surface area contributed by atoms with Gasteiger partial charge >= 0.3 is 0 Å². The summed E-state index contributed by atoms with van der Waals surface area (Å²) in [5.41, 5.74) is 1.24. The molecule has 2 aromatic heterocycles. The molecule has 7 heteroatoms. The van der Waals surface area contributed by atoms with Gasteiger partial charge in [-0.2, -0.15) is 0 Å². The minimum absolute atomic E-state index is 0.214. The van der Waals surface area contributed by atoms with Crippen LogP contribution in [0.4, 0.5) is 0 Å².